The van der Waals surface area contributed by atoms with Crippen LogP contribution in [-0.2, 0) is 4.74 Å². The van der Waals surface area contributed by atoms with E-state index in [4.69, 9.17) is 4.74 Å². The van der Waals surface area contributed by atoms with Crippen LogP contribution in [0.25, 0.3) is 0 Å². The molecule has 80 valence electrons. The largest absolute Gasteiger partial charge is 0.449 e. The predicted octanol–water partition coefficient (Wildman–Crippen LogP) is 2.68. The Labute approximate surface area is 86.7 Å². The summed E-state index contributed by atoms with van der Waals surface area (Å²) in [6, 6.07) is 1.04. The number of hydrogen-bond donors (Lipinski definition) is 0. The van der Waals surface area contributed by atoms with Gasteiger partial charge in [0.1, 0.15) is 0 Å². The first-order chi connectivity index (χ1) is 6.49. The number of amides is 1. The summed E-state index contributed by atoms with van der Waals surface area (Å²) in [4.78, 5) is 13.0. The van der Waals surface area contributed by atoms with Crippen LogP contribution in [0.5, 0.6) is 0 Å². The first-order valence-corrected chi connectivity index (χ1v) is 8.80. The smallest absolute Gasteiger partial charge is 0.413 e. The van der Waals surface area contributed by atoms with Crippen molar-refractivity contribution in [3.8, 4) is 0 Å². The van der Waals surface area contributed by atoms with E-state index in [0.29, 0.717) is 6.61 Å². The third kappa shape index (κ3) is 3.96. The van der Waals surface area contributed by atoms with Gasteiger partial charge in [0.15, 0.2) is 0 Å². The zero-order valence-corrected chi connectivity index (χ0v) is 10.2. The summed E-state index contributed by atoms with van der Waals surface area (Å²) >= 11 is 0. The van der Waals surface area contributed by atoms with E-state index in [1.165, 1.54) is 0 Å². The summed E-state index contributed by atoms with van der Waals surface area (Å²) in [5.41, 5.74) is 0. The van der Waals surface area contributed by atoms with Crippen LogP contribution in [0.1, 0.15) is 6.42 Å². The highest BCUT2D eigenvalue weighted by Crippen LogP contribution is 2.10. The van der Waals surface area contributed by atoms with Crippen LogP contribution in [0.15, 0.2) is 12.3 Å². The van der Waals surface area contributed by atoms with Crippen LogP contribution in [0.4, 0.5) is 4.79 Å². The van der Waals surface area contributed by atoms with Gasteiger partial charge in [-0.15, -0.1) is 0 Å². The number of nitrogens with zero attached hydrogens (tertiary/aromatic N) is 1. The summed E-state index contributed by atoms with van der Waals surface area (Å²) in [5, 5.41) is 0. The maximum absolute atomic E-state index is 11.4. The molecular formula is C10H19NO2Si. The first-order valence-electron chi connectivity index (χ1n) is 5.09. The van der Waals surface area contributed by atoms with Gasteiger partial charge in [-0.25, -0.2) is 4.79 Å². The summed E-state index contributed by atoms with van der Waals surface area (Å²) in [6.45, 7) is 8.16. The Balaban J connectivity index is 2.18. The monoisotopic (exact) mass is 213 g/mol. The summed E-state index contributed by atoms with van der Waals surface area (Å²) in [7, 11) is -1.08. The lowest BCUT2D eigenvalue weighted by Crippen LogP contribution is -2.28. The van der Waals surface area contributed by atoms with Gasteiger partial charge in [0.25, 0.3) is 0 Å². The molecular weight excluding hydrogens is 194 g/mol. The average molecular weight is 213 g/mol. The molecule has 1 aliphatic rings. The molecule has 14 heavy (non-hydrogen) atoms. The molecule has 0 unspecified atom stereocenters. The zero-order valence-electron chi connectivity index (χ0n) is 9.25. The average Bonchev–Trinajstić information content (AvgIpc) is 2.53. The van der Waals surface area contributed by atoms with Crippen molar-refractivity contribution in [1.29, 1.82) is 0 Å². The summed E-state index contributed by atoms with van der Waals surface area (Å²) < 4.78 is 5.17. The third-order valence-corrected chi connectivity index (χ3v) is 3.84. The highest BCUT2D eigenvalue weighted by Gasteiger charge is 2.17. The molecule has 4 heteroatoms. The van der Waals surface area contributed by atoms with Crippen LogP contribution < -0.4 is 0 Å². The fourth-order valence-electron chi connectivity index (χ4n) is 1.17. The molecule has 1 amide bonds. The van der Waals surface area contributed by atoms with E-state index in [1.54, 1.807) is 11.1 Å². The van der Waals surface area contributed by atoms with Gasteiger partial charge >= 0.3 is 6.09 Å². The van der Waals surface area contributed by atoms with Gasteiger partial charge in [0.2, 0.25) is 0 Å². The van der Waals surface area contributed by atoms with Crippen LogP contribution in [0, 0.1) is 0 Å². The van der Waals surface area contributed by atoms with Crippen LogP contribution >= 0.6 is 0 Å². The minimum atomic E-state index is -1.08. The van der Waals surface area contributed by atoms with E-state index >= 15 is 0 Å². The van der Waals surface area contributed by atoms with Gasteiger partial charge in [0, 0.05) is 20.8 Å². The number of carbonyl (C=O) groups excluding carboxylic acids is 1. The molecule has 0 aromatic carbocycles. The molecule has 0 aromatic rings. The molecule has 0 aliphatic carbocycles. The molecule has 0 saturated carbocycles. The lowest BCUT2D eigenvalue weighted by molar-refractivity contribution is 0.124. The van der Waals surface area contributed by atoms with Crippen molar-refractivity contribution in [2.24, 2.45) is 0 Å². The van der Waals surface area contributed by atoms with E-state index in [-0.39, 0.29) is 6.09 Å². The SMILES string of the molecule is C[Si](C)(C)CCOC(=O)N1C=CCC1. The summed E-state index contributed by atoms with van der Waals surface area (Å²) in [6.07, 6.45) is 4.54. The van der Waals surface area contributed by atoms with E-state index in [0.717, 1.165) is 19.0 Å². The second-order valence-electron chi connectivity index (χ2n) is 4.79. The molecule has 1 heterocycles. The quantitative estimate of drug-likeness (QED) is 0.675. The van der Waals surface area contributed by atoms with Crippen LogP contribution in [-0.4, -0.2) is 32.2 Å². The van der Waals surface area contributed by atoms with E-state index < -0.39 is 8.07 Å². The Morgan fingerprint density at radius 2 is 2.21 bits per heavy atom. The molecule has 0 fully saturated rings. The van der Waals surface area contributed by atoms with Gasteiger partial charge < -0.3 is 4.74 Å². The zero-order chi connectivity index (χ0) is 10.6. The minimum absolute atomic E-state index is 0.197. The molecule has 0 aromatic heterocycles. The lowest BCUT2D eigenvalue weighted by Gasteiger charge is -2.17. The normalized spacial score (nSPS) is 16.1. The second kappa shape index (κ2) is 4.64. The Kier molecular flexibility index (Phi) is 3.75. The maximum Gasteiger partial charge on any atom is 0.413 e. The van der Waals surface area contributed by atoms with Crippen LogP contribution in [0.3, 0.4) is 0 Å². The molecule has 0 spiro atoms. The van der Waals surface area contributed by atoms with E-state index in [9.17, 15) is 4.79 Å². The third-order valence-electron chi connectivity index (χ3n) is 2.13. The molecule has 1 rings (SSSR count). The standard InChI is InChI=1S/C10H19NO2Si/c1-14(2,3)9-8-13-10(12)11-6-4-5-7-11/h4,6H,5,7-9H2,1-3H3. The molecule has 1 aliphatic heterocycles. The summed E-state index contributed by atoms with van der Waals surface area (Å²) in [5.74, 6) is 0. The minimum Gasteiger partial charge on any atom is -0.449 e. The van der Waals surface area contributed by atoms with E-state index in [2.05, 4.69) is 19.6 Å². The highest BCUT2D eigenvalue weighted by molar-refractivity contribution is 6.76. The molecule has 0 saturated heterocycles. The molecule has 3 nitrogen and oxygen atoms in total. The van der Waals surface area contributed by atoms with Crippen molar-refractivity contribution in [3.63, 3.8) is 0 Å². The van der Waals surface area contributed by atoms with E-state index in [1.807, 2.05) is 6.08 Å². The molecule has 0 radical (unpaired) electrons. The fraction of sp³-hybridized carbons (Fsp3) is 0.700. The van der Waals surface area contributed by atoms with Crippen molar-refractivity contribution >= 4 is 14.2 Å². The Bertz CT molecular complexity index is 233. The number of ether oxygens (including phenoxy) is 1. The number of rotatable bonds is 3. The Hall–Kier alpha value is -0.773. The van der Waals surface area contributed by atoms with Gasteiger partial charge in [-0.05, 0) is 12.5 Å². The Morgan fingerprint density at radius 1 is 1.50 bits per heavy atom. The van der Waals surface area contributed by atoms with Crippen molar-refractivity contribution in [3.05, 3.63) is 12.3 Å². The number of hydrogen-bond acceptors (Lipinski definition) is 2. The van der Waals surface area contributed by atoms with Gasteiger partial charge in [-0.2, -0.15) is 0 Å². The highest BCUT2D eigenvalue weighted by atomic mass is 28.3. The van der Waals surface area contributed by atoms with Gasteiger partial charge in [-0.1, -0.05) is 25.7 Å². The van der Waals surface area contributed by atoms with Crippen molar-refractivity contribution in [1.82, 2.24) is 4.90 Å². The van der Waals surface area contributed by atoms with Gasteiger partial charge in [0.05, 0.1) is 6.61 Å². The molecule has 0 N–H and O–H groups in total. The van der Waals surface area contributed by atoms with Crippen molar-refractivity contribution in [2.75, 3.05) is 13.2 Å². The molecule has 0 atom stereocenters. The fourth-order valence-corrected chi connectivity index (χ4v) is 1.88. The lowest BCUT2D eigenvalue weighted by atomic mass is 10.5. The van der Waals surface area contributed by atoms with Crippen molar-refractivity contribution in [2.45, 2.75) is 32.1 Å². The van der Waals surface area contributed by atoms with Gasteiger partial charge in [-0.3, -0.25) is 4.90 Å². The Morgan fingerprint density at radius 3 is 2.71 bits per heavy atom. The second-order valence-corrected chi connectivity index (χ2v) is 10.4. The van der Waals surface area contributed by atoms with Crippen LogP contribution in [0.2, 0.25) is 25.7 Å². The number of carbonyl (C=O) groups is 1. The molecule has 0 bridgehead atoms. The topological polar surface area (TPSA) is 29.5 Å². The van der Waals surface area contributed by atoms with Crippen molar-refractivity contribution < 1.29 is 9.53 Å². The first kappa shape index (κ1) is 11.3. The maximum atomic E-state index is 11.4. The predicted molar refractivity (Wildman–Crippen MR) is 60.0 cm³/mol.